The van der Waals surface area contributed by atoms with E-state index in [0.29, 0.717) is 34.8 Å². The molecule has 1 aromatic heterocycles. The van der Waals surface area contributed by atoms with E-state index < -0.39 is 0 Å². The Bertz CT molecular complexity index is 757. The molecule has 1 aromatic carbocycles. The fourth-order valence-corrected chi connectivity index (χ4v) is 3.25. The molecular weight excluding hydrogens is 336 g/mol. The van der Waals surface area contributed by atoms with Gasteiger partial charge in [-0.25, -0.2) is 0 Å². The normalized spacial score (nSPS) is 17.4. The Hall–Kier alpha value is -2.16. The Morgan fingerprint density at radius 1 is 1.32 bits per heavy atom. The van der Waals surface area contributed by atoms with E-state index in [0.717, 1.165) is 18.5 Å². The lowest BCUT2D eigenvalue weighted by Crippen LogP contribution is -2.28. The van der Waals surface area contributed by atoms with E-state index >= 15 is 0 Å². The number of ether oxygens (including phenoxy) is 1. The van der Waals surface area contributed by atoms with Gasteiger partial charge in [-0.15, -0.1) is 10.2 Å². The van der Waals surface area contributed by atoms with Crippen molar-refractivity contribution in [1.82, 2.24) is 15.1 Å². The van der Waals surface area contributed by atoms with Crippen LogP contribution in [0.15, 0.2) is 30.3 Å². The van der Waals surface area contributed by atoms with Crippen molar-refractivity contribution in [1.29, 1.82) is 5.26 Å². The molecule has 0 unspecified atom stereocenters. The van der Waals surface area contributed by atoms with Gasteiger partial charge in [-0.1, -0.05) is 11.6 Å². The van der Waals surface area contributed by atoms with Crippen molar-refractivity contribution >= 4 is 11.6 Å². The zero-order valence-electron chi connectivity index (χ0n) is 14.3. The molecule has 6 heteroatoms. The van der Waals surface area contributed by atoms with E-state index in [9.17, 15) is 5.26 Å². The summed E-state index contributed by atoms with van der Waals surface area (Å²) in [6.45, 7) is 5.11. The van der Waals surface area contributed by atoms with Crippen molar-refractivity contribution in [3.63, 3.8) is 0 Å². The molecule has 0 saturated carbocycles. The molecule has 5 nitrogen and oxygen atoms in total. The standard InChI is InChI=1S/C19H21ClN4O/c1-14-4-2-9-24(14)10-3-11-25-18-7-5-15(12-16(18)13-21)17-6-8-19(20)23-22-17/h5-8,12,14H,2-4,9-11H2,1H3/t14-/m1/s1. The van der Waals surface area contributed by atoms with E-state index in [1.54, 1.807) is 18.2 Å². The highest BCUT2D eigenvalue weighted by Crippen LogP contribution is 2.25. The maximum absolute atomic E-state index is 9.40. The second-order valence-electron chi connectivity index (χ2n) is 6.29. The molecule has 1 atom stereocenters. The molecule has 0 N–H and O–H groups in total. The van der Waals surface area contributed by atoms with Gasteiger partial charge in [0.1, 0.15) is 11.8 Å². The van der Waals surface area contributed by atoms with Gasteiger partial charge in [0.15, 0.2) is 5.15 Å². The minimum absolute atomic E-state index is 0.344. The Morgan fingerprint density at radius 3 is 2.88 bits per heavy atom. The summed E-state index contributed by atoms with van der Waals surface area (Å²) in [5.41, 5.74) is 2.00. The second-order valence-corrected chi connectivity index (χ2v) is 6.68. The van der Waals surface area contributed by atoms with Crippen LogP contribution in [0.3, 0.4) is 0 Å². The third-order valence-corrected chi connectivity index (χ3v) is 4.77. The lowest BCUT2D eigenvalue weighted by atomic mass is 10.1. The highest BCUT2D eigenvalue weighted by molar-refractivity contribution is 6.29. The van der Waals surface area contributed by atoms with E-state index in [1.165, 1.54) is 19.4 Å². The molecular formula is C19H21ClN4O. The second kappa shape index (κ2) is 8.28. The minimum atomic E-state index is 0.344. The van der Waals surface area contributed by atoms with Gasteiger partial charge in [0.2, 0.25) is 0 Å². The van der Waals surface area contributed by atoms with Gasteiger partial charge in [-0.3, -0.25) is 0 Å². The summed E-state index contributed by atoms with van der Waals surface area (Å²) in [6.07, 6.45) is 3.53. The molecule has 2 aromatic rings. The van der Waals surface area contributed by atoms with Crippen LogP contribution in [0.2, 0.25) is 5.15 Å². The van der Waals surface area contributed by atoms with Crippen LogP contribution in [0, 0.1) is 11.3 Å². The number of nitriles is 1. The number of hydrogen-bond donors (Lipinski definition) is 0. The SMILES string of the molecule is C[C@@H]1CCCN1CCCOc1ccc(-c2ccc(Cl)nn2)cc1C#N. The summed E-state index contributed by atoms with van der Waals surface area (Å²) in [5.74, 6) is 0.614. The first-order valence-electron chi connectivity index (χ1n) is 8.58. The fraction of sp³-hybridized carbons (Fsp3) is 0.421. The summed E-state index contributed by atoms with van der Waals surface area (Å²) in [4.78, 5) is 2.50. The first kappa shape index (κ1) is 17.7. The molecule has 1 saturated heterocycles. The highest BCUT2D eigenvalue weighted by atomic mass is 35.5. The predicted octanol–water partition coefficient (Wildman–Crippen LogP) is 3.92. The number of nitrogens with zero attached hydrogens (tertiary/aromatic N) is 4. The van der Waals surface area contributed by atoms with Crippen LogP contribution in [0.25, 0.3) is 11.3 Å². The van der Waals surface area contributed by atoms with Crippen LogP contribution in [-0.4, -0.2) is 40.8 Å². The van der Waals surface area contributed by atoms with Crippen LogP contribution in [0.4, 0.5) is 0 Å². The molecule has 0 radical (unpaired) electrons. The number of halogens is 1. The zero-order valence-corrected chi connectivity index (χ0v) is 15.0. The summed E-state index contributed by atoms with van der Waals surface area (Å²) >= 11 is 5.76. The number of rotatable bonds is 6. The Morgan fingerprint density at radius 2 is 2.20 bits per heavy atom. The van der Waals surface area contributed by atoms with E-state index in [4.69, 9.17) is 16.3 Å². The monoisotopic (exact) mass is 356 g/mol. The van der Waals surface area contributed by atoms with Gasteiger partial charge in [0, 0.05) is 18.2 Å². The third kappa shape index (κ3) is 4.47. The van der Waals surface area contributed by atoms with Gasteiger partial charge in [-0.2, -0.15) is 5.26 Å². The van der Waals surface area contributed by atoms with E-state index in [2.05, 4.69) is 28.1 Å². The number of aromatic nitrogens is 2. The molecule has 1 fully saturated rings. The van der Waals surface area contributed by atoms with E-state index in [-0.39, 0.29) is 0 Å². The van der Waals surface area contributed by atoms with E-state index in [1.807, 2.05) is 12.1 Å². The number of hydrogen-bond acceptors (Lipinski definition) is 5. The molecule has 25 heavy (non-hydrogen) atoms. The summed E-state index contributed by atoms with van der Waals surface area (Å²) in [6, 6.07) is 11.8. The largest absolute Gasteiger partial charge is 0.492 e. The zero-order chi connectivity index (χ0) is 17.6. The van der Waals surface area contributed by atoms with Crippen molar-refractivity contribution in [2.75, 3.05) is 19.7 Å². The molecule has 1 aliphatic heterocycles. The number of benzene rings is 1. The summed E-state index contributed by atoms with van der Waals surface area (Å²) < 4.78 is 5.83. The van der Waals surface area contributed by atoms with Gasteiger partial charge in [-0.05, 0) is 63.1 Å². The van der Waals surface area contributed by atoms with Crippen LogP contribution < -0.4 is 4.74 Å². The maximum Gasteiger partial charge on any atom is 0.151 e. The molecule has 0 amide bonds. The van der Waals surface area contributed by atoms with Crippen molar-refractivity contribution in [3.8, 4) is 23.1 Å². The highest BCUT2D eigenvalue weighted by Gasteiger charge is 2.19. The van der Waals surface area contributed by atoms with Gasteiger partial charge in [0.05, 0.1) is 17.9 Å². The molecule has 0 aliphatic carbocycles. The van der Waals surface area contributed by atoms with Crippen molar-refractivity contribution < 1.29 is 4.74 Å². The van der Waals surface area contributed by atoms with Gasteiger partial charge < -0.3 is 9.64 Å². The first-order valence-corrected chi connectivity index (χ1v) is 8.96. The first-order chi connectivity index (χ1) is 12.2. The number of likely N-dealkylation sites (tertiary alicyclic amines) is 1. The Labute approximate surface area is 153 Å². The molecule has 3 rings (SSSR count). The van der Waals surface area contributed by atoms with Crippen LogP contribution in [0.5, 0.6) is 5.75 Å². The van der Waals surface area contributed by atoms with Gasteiger partial charge >= 0.3 is 0 Å². The van der Waals surface area contributed by atoms with Crippen LogP contribution >= 0.6 is 11.6 Å². The molecule has 0 spiro atoms. The van der Waals surface area contributed by atoms with Crippen LogP contribution in [0.1, 0.15) is 31.7 Å². The summed E-state index contributed by atoms with van der Waals surface area (Å²) in [7, 11) is 0. The smallest absolute Gasteiger partial charge is 0.151 e. The lowest BCUT2D eigenvalue weighted by molar-refractivity contribution is 0.230. The molecule has 1 aliphatic rings. The molecule has 0 bridgehead atoms. The molecule has 2 heterocycles. The predicted molar refractivity (Wildman–Crippen MR) is 97.6 cm³/mol. The Balaban J connectivity index is 1.60. The van der Waals surface area contributed by atoms with Crippen molar-refractivity contribution in [3.05, 3.63) is 41.0 Å². The average Bonchev–Trinajstić information content (AvgIpc) is 3.04. The fourth-order valence-electron chi connectivity index (χ4n) is 3.15. The summed E-state index contributed by atoms with van der Waals surface area (Å²) in [5, 5.41) is 17.6. The maximum atomic E-state index is 9.40. The average molecular weight is 357 g/mol. The van der Waals surface area contributed by atoms with Crippen LogP contribution in [-0.2, 0) is 0 Å². The lowest BCUT2D eigenvalue weighted by Gasteiger charge is -2.20. The van der Waals surface area contributed by atoms with Crippen molar-refractivity contribution in [2.24, 2.45) is 0 Å². The Kier molecular flexibility index (Phi) is 5.85. The third-order valence-electron chi connectivity index (χ3n) is 4.57. The topological polar surface area (TPSA) is 62.0 Å². The van der Waals surface area contributed by atoms with Gasteiger partial charge in [0.25, 0.3) is 0 Å². The quantitative estimate of drug-likeness (QED) is 0.734. The molecule has 130 valence electrons. The minimum Gasteiger partial charge on any atom is -0.492 e. The van der Waals surface area contributed by atoms with Crippen molar-refractivity contribution in [2.45, 2.75) is 32.2 Å².